The first-order valence-electron chi connectivity index (χ1n) is 13.0. The average molecular weight is 502 g/mol. The highest BCUT2D eigenvalue weighted by Crippen LogP contribution is 2.29. The van der Waals surface area contributed by atoms with Crippen LogP contribution >= 0.6 is 0 Å². The van der Waals surface area contributed by atoms with Gasteiger partial charge in [-0.15, -0.1) is 10.2 Å². The number of nitrogens with zero attached hydrogens (tertiary/aromatic N) is 5. The molecule has 2 aromatic carbocycles. The molecular formula is C29H32FN5O2. The number of hydrogen-bond donors (Lipinski definition) is 0. The Balaban J connectivity index is 1.21. The minimum atomic E-state index is -0.315. The molecule has 1 saturated carbocycles. The number of rotatable bonds is 7. The van der Waals surface area contributed by atoms with Crippen LogP contribution < -0.4 is 4.90 Å². The lowest BCUT2D eigenvalue weighted by atomic mass is 9.84. The molecule has 1 aliphatic heterocycles. The third-order valence-electron chi connectivity index (χ3n) is 7.27. The molecule has 3 aromatic rings. The zero-order chi connectivity index (χ0) is 25.6. The summed E-state index contributed by atoms with van der Waals surface area (Å²) in [6.07, 6.45) is 3.60. The van der Waals surface area contributed by atoms with Crippen LogP contribution in [0.15, 0.2) is 66.7 Å². The van der Waals surface area contributed by atoms with E-state index in [2.05, 4.69) is 15.1 Å². The molecule has 0 atom stereocenters. The molecule has 7 nitrogen and oxygen atoms in total. The fraction of sp³-hybridized carbons (Fsp3) is 0.379. The summed E-state index contributed by atoms with van der Waals surface area (Å²) < 4.78 is 13.4. The lowest BCUT2D eigenvalue weighted by molar-refractivity contribution is -0.145. The van der Waals surface area contributed by atoms with E-state index in [9.17, 15) is 14.0 Å². The third-order valence-corrected chi connectivity index (χ3v) is 7.27. The third kappa shape index (κ3) is 6.13. The number of anilines is 1. The molecule has 0 bridgehead atoms. The molecule has 0 radical (unpaired) electrons. The van der Waals surface area contributed by atoms with Gasteiger partial charge in [0.1, 0.15) is 12.4 Å². The van der Waals surface area contributed by atoms with Crippen molar-refractivity contribution in [1.29, 1.82) is 0 Å². The van der Waals surface area contributed by atoms with Crippen molar-refractivity contribution in [2.45, 2.75) is 32.2 Å². The number of carbonyl (C=O) groups is 2. The first kappa shape index (κ1) is 24.9. The summed E-state index contributed by atoms with van der Waals surface area (Å²) in [4.78, 5) is 32.1. The maximum atomic E-state index is 13.4. The number of benzene rings is 2. The van der Waals surface area contributed by atoms with E-state index in [1.807, 2.05) is 47.4 Å². The average Bonchev–Trinajstić information content (AvgIpc) is 3.16. The molecule has 0 spiro atoms. The van der Waals surface area contributed by atoms with Crippen molar-refractivity contribution >= 4 is 17.6 Å². The standard InChI is InChI=1S/C29H32FN5O2/c30-25-12-10-22(11-13-25)20-35(29(37)24-8-4-9-24)21-28(36)34-17-5-16-33(18-19-34)27-15-14-26(31-32-27)23-6-2-1-3-7-23/h1-3,6-7,10-15,24H,4-5,8-9,16-21H2. The van der Waals surface area contributed by atoms with E-state index >= 15 is 0 Å². The Bertz CT molecular complexity index is 1200. The fourth-order valence-corrected chi connectivity index (χ4v) is 4.85. The Kier molecular flexibility index (Phi) is 7.73. The Morgan fingerprint density at radius 3 is 2.32 bits per heavy atom. The zero-order valence-corrected chi connectivity index (χ0v) is 20.9. The Morgan fingerprint density at radius 2 is 1.65 bits per heavy atom. The molecule has 37 heavy (non-hydrogen) atoms. The van der Waals surface area contributed by atoms with Crippen molar-refractivity contribution in [3.8, 4) is 11.3 Å². The molecule has 1 saturated heterocycles. The van der Waals surface area contributed by atoms with Gasteiger partial charge in [0.25, 0.3) is 0 Å². The molecule has 1 aliphatic carbocycles. The lowest BCUT2D eigenvalue weighted by Gasteiger charge is -2.33. The normalized spacial score (nSPS) is 16.1. The summed E-state index contributed by atoms with van der Waals surface area (Å²) in [5.41, 5.74) is 2.67. The summed E-state index contributed by atoms with van der Waals surface area (Å²) in [5.74, 6) is 0.443. The van der Waals surface area contributed by atoms with Crippen molar-refractivity contribution < 1.29 is 14.0 Å². The van der Waals surface area contributed by atoms with Gasteiger partial charge in [0.05, 0.1) is 5.69 Å². The van der Waals surface area contributed by atoms with Gasteiger partial charge in [0, 0.05) is 44.2 Å². The predicted octanol–water partition coefficient (Wildman–Crippen LogP) is 4.15. The number of amides is 2. The van der Waals surface area contributed by atoms with Crippen molar-refractivity contribution in [2.24, 2.45) is 5.92 Å². The largest absolute Gasteiger partial charge is 0.353 e. The van der Waals surface area contributed by atoms with Gasteiger partial charge in [-0.05, 0) is 49.1 Å². The number of halogens is 1. The number of carbonyl (C=O) groups excluding carboxylic acids is 2. The summed E-state index contributed by atoms with van der Waals surface area (Å²) in [5, 5.41) is 8.85. The van der Waals surface area contributed by atoms with Gasteiger partial charge < -0.3 is 14.7 Å². The zero-order valence-electron chi connectivity index (χ0n) is 20.9. The molecule has 2 amide bonds. The van der Waals surface area contributed by atoms with Crippen molar-refractivity contribution in [2.75, 3.05) is 37.6 Å². The smallest absolute Gasteiger partial charge is 0.242 e. The van der Waals surface area contributed by atoms with Crippen LogP contribution in [0.4, 0.5) is 10.2 Å². The molecule has 192 valence electrons. The minimum Gasteiger partial charge on any atom is -0.353 e. The fourth-order valence-electron chi connectivity index (χ4n) is 4.85. The minimum absolute atomic E-state index is 0.00898. The summed E-state index contributed by atoms with van der Waals surface area (Å²) in [6.45, 7) is 2.97. The van der Waals surface area contributed by atoms with Crippen molar-refractivity contribution in [1.82, 2.24) is 20.0 Å². The SMILES string of the molecule is O=C(CN(Cc1ccc(F)cc1)C(=O)C1CCC1)N1CCCN(c2ccc(-c3ccccc3)nn2)CC1. The lowest BCUT2D eigenvalue weighted by Crippen LogP contribution is -2.46. The van der Waals surface area contributed by atoms with E-state index in [4.69, 9.17) is 0 Å². The maximum absolute atomic E-state index is 13.4. The van der Waals surface area contributed by atoms with Crippen molar-refractivity contribution in [3.63, 3.8) is 0 Å². The van der Waals surface area contributed by atoms with Crippen LogP contribution in [0.25, 0.3) is 11.3 Å². The summed E-state index contributed by atoms with van der Waals surface area (Å²) in [7, 11) is 0. The van der Waals surface area contributed by atoms with Gasteiger partial charge in [-0.2, -0.15) is 0 Å². The second-order valence-electron chi connectivity index (χ2n) is 9.81. The van der Waals surface area contributed by atoms with E-state index in [1.165, 1.54) is 12.1 Å². The topological polar surface area (TPSA) is 69.6 Å². The van der Waals surface area contributed by atoms with Crippen LogP contribution in [0.1, 0.15) is 31.2 Å². The molecule has 1 aromatic heterocycles. The molecule has 8 heteroatoms. The molecule has 2 aliphatic rings. The van der Waals surface area contributed by atoms with E-state index < -0.39 is 0 Å². The van der Waals surface area contributed by atoms with Gasteiger partial charge in [0.2, 0.25) is 11.8 Å². The first-order chi connectivity index (χ1) is 18.1. The second kappa shape index (κ2) is 11.5. The highest BCUT2D eigenvalue weighted by molar-refractivity contribution is 5.86. The van der Waals surface area contributed by atoms with E-state index in [1.54, 1.807) is 17.0 Å². The molecule has 5 rings (SSSR count). The Morgan fingerprint density at radius 1 is 0.865 bits per heavy atom. The first-order valence-corrected chi connectivity index (χ1v) is 13.0. The molecule has 2 heterocycles. The number of hydrogen-bond acceptors (Lipinski definition) is 5. The van der Waals surface area contributed by atoms with Crippen LogP contribution in [0.2, 0.25) is 0 Å². The van der Waals surface area contributed by atoms with Crippen LogP contribution in [-0.2, 0) is 16.1 Å². The summed E-state index contributed by atoms with van der Waals surface area (Å²) >= 11 is 0. The van der Waals surface area contributed by atoms with E-state index in [0.29, 0.717) is 26.2 Å². The molecule has 0 N–H and O–H groups in total. The van der Waals surface area contributed by atoms with Crippen LogP contribution in [0.3, 0.4) is 0 Å². The van der Waals surface area contributed by atoms with E-state index in [0.717, 1.165) is 54.9 Å². The van der Waals surface area contributed by atoms with Gasteiger partial charge in [-0.1, -0.05) is 48.9 Å². The van der Waals surface area contributed by atoms with Crippen LogP contribution in [0.5, 0.6) is 0 Å². The van der Waals surface area contributed by atoms with Gasteiger partial charge in [0.15, 0.2) is 5.82 Å². The molecule has 0 unspecified atom stereocenters. The predicted molar refractivity (Wildman–Crippen MR) is 140 cm³/mol. The van der Waals surface area contributed by atoms with Gasteiger partial charge >= 0.3 is 0 Å². The van der Waals surface area contributed by atoms with Crippen LogP contribution in [0, 0.1) is 11.7 Å². The Hall–Kier alpha value is -3.81. The van der Waals surface area contributed by atoms with E-state index in [-0.39, 0.29) is 30.1 Å². The molecule has 2 fully saturated rings. The van der Waals surface area contributed by atoms with Gasteiger partial charge in [-0.3, -0.25) is 9.59 Å². The highest BCUT2D eigenvalue weighted by atomic mass is 19.1. The monoisotopic (exact) mass is 501 g/mol. The summed E-state index contributed by atoms with van der Waals surface area (Å²) in [6, 6.07) is 20.0. The van der Waals surface area contributed by atoms with Crippen molar-refractivity contribution in [3.05, 3.63) is 78.1 Å². The second-order valence-corrected chi connectivity index (χ2v) is 9.81. The number of aromatic nitrogens is 2. The molecular weight excluding hydrogens is 469 g/mol. The Labute approximate surface area is 216 Å². The highest BCUT2D eigenvalue weighted by Gasteiger charge is 2.31. The quantitative estimate of drug-likeness (QED) is 0.487. The maximum Gasteiger partial charge on any atom is 0.242 e. The van der Waals surface area contributed by atoms with Gasteiger partial charge in [-0.25, -0.2) is 4.39 Å². The van der Waals surface area contributed by atoms with Crippen LogP contribution in [-0.4, -0.2) is 64.5 Å².